The highest BCUT2D eigenvalue weighted by atomic mass is 32.2. The molecule has 0 aromatic carbocycles. The van der Waals surface area contributed by atoms with Crippen LogP contribution >= 0.6 is 0 Å². The molecule has 2 rings (SSSR count). The summed E-state index contributed by atoms with van der Waals surface area (Å²) < 4.78 is 75.7. The van der Waals surface area contributed by atoms with Gasteiger partial charge < -0.3 is 13.8 Å². The van der Waals surface area contributed by atoms with E-state index < -0.39 is 38.8 Å². The molecule has 2 heterocycles. The number of hydrogen-bond acceptors (Lipinski definition) is 7. The predicted octanol–water partition coefficient (Wildman–Crippen LogP) is 1.94. The van der Waals surface area contributed by atoms with Crippen molar-refractivity contribution in [3.8, 4) is 0 Å². The summed E-state index contributed by atoms with van der Waals surface area (Å²) in [7, 11) is -2.52. The van der Waals surface area contributed by atoms with Gasteiger partial charge in [0.05, 0.1) is 18.1 Å². The Kier molecular flexibility index (Phi) is 4.56. The lowest BCUT2D eigenvalue weighted by Gasteiger charge is -2.06. The van der Waals surface area contributed by atoms with Crippen LogP contribution in [0.3, 0.4) is 0 Å². The minimum atomic E-state index is -4.78. The lowest BCUT2D eigenvalue weighted by atomic mass is 10.3. The van der Waals surface area contributed by atoms with Gasteiger partial charge in [0, 0.05) is 18.2 Å². The molecule has 2 aromatic rings. The first-order valence-corrected chi connectivity index (χ1v) is 7.67. The van der Waals surface area contributed by atoms with E-state index in [1.54, 1.807) is 0 Å². The van der Waals surface area contributed by atoms with Crippen LogP contribution in [0.15, 0.2) is 21.6 Å². The summed E-state index contributed by atoms with van der Waals surface area (Å²) in [5.41, 5.74) is -1.39. The summed E-state index contributed by atoms with van der Waals surface area (Å²) in [5.74, 6) is -1.39. The fourth-order valence-electron chi connectivity index (χ4n) is 1.77. The molecule has 0 aliphatic carbocycles. The molecule has 0 saturated carbocycles. The van der Waals surface area contributed by atoms with Crippen molar-refractivity contribution >= 4 is 9.84 Å². The maximum atomic E-state index is 12.6. The largest absolute Gasteiger partial charge is 0.437 e. The first-order chi connectivity index (χ1) is 10.2. The number of halogens is 3. The molecule has 0 amide bonds. The average Bonchev–Trinajstić information content (AvgIpc) is 2.98. The van der Waals surface area contributed by atoms with Gasteiger partial charge in [-0.05, 0) is 0 Å². The summed E-state index contributed by atoms with van der Waals surface area (Å²) in [6, 6.07) is 0. The zero-order chi connectivity index (χ0) is 16.4. The lowest BCUT2D eigenvalue weighted by Crippen LogP contribution is -2.14. The van der Waals surface area contributed by atoms with Gasteiger partial charge in [0.2, 0.25) is 0 Å². The molecule has 0 bridgehead atoms. The molecule has 122 valence electrons. The Morgan fingerprint density at radius 2 is 1.73 bits per heavy atom. The smallest absolute Gasteiger partial charge is 0.378 e. The molecular formula is C11H11F3N2O5S. The van der Waals surface area contributed by atoms with Gasteiger partial charge in [-0.1, -0.05) is 10.3 Å². The second-order valence-corrected chi connectivity index (χ2v) is 6.50. The molecule has 0 fully saturated rings. The van der Waals surface area contributed by atoms with Gasteiger partial charge in [-0.2, -0.15) is 13.2 Å². The number of aromatic nitrogens is 2. The summed E-state index contributed by atoms with van der Waals surface area (Å²) in [4.78, 5) is 0. The van der Waals surface area contributed by atoms with Gasteiger partial charge in [0.1, 0.15) is 18.2 Å². The summed E-state index contributed by atoms with van der Waals surface area (Å²) in [5, 5.41) is 6.37. The van der Waals surface area contributed by atoms with Crippen molar-refractivity contribution in [2.45, 2.75) is 24.3 Å². The standard InChI is InChI=1S/C11H11F3N2O5S/c1-19-4-9-7(2-20-15-9)5-22(17,18)6-8-3-21-16-10(8)11(12,13)14/h2-3H,4-6H2,1H3. The Morgan fingerprint density at radius 3 is 2.36 bits per heavy atom. The number of alkyl halides is 3. The molecule has 0 atom stereocenters. The molecule has 7 nitrogen and oxygen atoms in total. The first kappa shape index (κ1) is 16.5. The normalized spacial score (nSPS) is 12.7. The van der Waals surface area contributed by atoms with Crippen molar-refractivity contribution in [1.82, 2.24) is 10.3 Å². The number of hydrogen-bond donors (Lipinski definition) is 0. The molecule has 0 saturated heterocycles. The highest BCUT2D eigenvalue weighted by molar-refractivity contribution is 7.89. The first-order valence-electron chi connectivity index (χ1n) is 5.85. The van der Waals surface area contributed by atoms with Gasteiger partial charge in [-0.3, -0.25) is 0 Å². The van der Waals surface area contributed by atoms with Crippen molar-refractivity contribution in [1.29, 1.82) is 0 Å². The fourth-order valence-corrected chi connectivity index (χ4v) is 3.26. The predicted molar refractivity (Wildman–Crippen MR) is 65.0 cm³/mol. The van der Waals surface area contributed by atoms with Crippen molar-refractivity contribution < 1.29 is 35.4 Å². The molecule has 0 aliphatic rings. The van der Waals surface area contributed by atoms with Crippen LogP contribution in [0.1, 0.15) is 22.5 Å². The van der Waals surface area contributed by atoms with Crippen molar-refractivity contribution in [2.24, 2.45) is 0 Å². The molecule has 0 spiro atoms. The Bertz CT molecular complexity index is 735. The molecule has 2 aromatic heterocycles. The zero-order valence-corrected chi connectivity index (χ0v) is 12.1. The quantitative estimate of drug-likeness (QED) is 0.793. The summed E-state index contributed by atoms with van der Waals surface area (Å²) in [6.07, 6.45) is -3.00. The lowest BCUT2D eigenvalue weighted by molar-refractivity contribution is -0.143. The monoisotopic (exact) mass is 340 g/mol. The minimum absolute atomic E-state index is 0.0302. The van der Waals surface area contributed by atoms with Crippen molar-refractivity contribution in [3.05, 3.63) is 35.0 Å². The minimum Gasteiger partial charge on any atom is -0.378 e. The van der Waals surface area contributed by atoms with Crippen LogP contribution in [-0.4, -0.2) is 25.8 Å². The summed E-state index contributed by atoms with van der Waals surface area (Å²) >= 11 is 0. The van der Waals surface area contributed by atoms with Gasteiger partial charge in [-0.25, -0.2) is 8.42 Å². The summed E-state index contributed by atoms with van der Waals surface area (Å²) in [6.45, 7) is 0.0302. The fraction of sp³-hybridized carbons (Fsp3) is 0.455. The van der Waals surface area contributed by atoms with Crippen LogP contribution in [0.25, 0.3) is 0 Å². The van der Waals surface area contributed by atoms with Crippen LogP contribution < -0.4 is 0 Å². The molecule has 0 unspecified atom stereocenters. The maximum Gasteiger partial charge on any atom is 0.437 e. The third-order valence-electron chi connectivity index (χ3n) is 2.67. The number of nitrogens with zero attached hydrogens (tertiary/aromatic N) is 2. The Balaban J connectivity index is 2.19. The van der Waals surface area contributed by atoms with E-state index in [9.17, 15) is 21.6 Å². The third-order valence-corrected chi connectivity index (χ3v) is 4.17. The Hall–Kier alpha value is -1.88. The van der Waals surface area contributed by atoms with E-state index in [4.69, 9.17) is 4.74 Å². The third kappa shape index (κ3) is 3.85. The number of ether oxygens (including phenoxy) is 1. The SMILES string of the molecule is COCc1nocc1CS(=O)(=O)Cc1conc1C(F)(F)F. The van der Waals surface area contributed by atoms with Gasteiger partial charge >= 0.3 is 6.18 Å². The van der Waals surface area contributed by atoms with E-state index in [1.807, 2.05) is 0 Å². The van der Waals surface area contributed by atoms with Crippen molar-refractivity contribution in [3.63, 3.8) is 0 Å². The zero-order valence-electron chi connectivity index (χ0n) is 11.3. The maximum absolute atomic E-state index is 12.6. The van der Waals surface area contributed by atoms with Crippen LogP contribution in [0.5, 0.6) is 0 Å². The van der Waals surface area contributed by atoms with E-state index in [2.05, 4.69) is 19.4 Å². The second-order valence-electron chi connectivity index (χ2n) is 4.44. The topological polar surface area (TPSA) is 95.4 Å². The number of rotatable bonds is 6. The molecule has 0 N–H and O–H groups in total. The van der Waals surface area contributed by atoms with Crippen LogP contribution in [0, 0.1) is 0 Å². The van der Waals surface area contributed by atoms with Crippen LogP contribution in [0.2, 0.25) is 0 Å². The molecule has 0 radical (unpaired) electrons. The van der Waals surface area contributed by atoms with Crippen LogP contribution in [0.4, 0.5) is 13.2 Å². The van der Waals surface area contributed by atoms with Gasteiger partial charge in [0.25, 0.3) is 0 Å². The molecular weight excluding hydrogens is 329 g/mol. The highest BCUT2D eigenvalue weighted by Gasteiger charge is 2.38. The van der Waals surface area contributed by atoms with Crippen LogP contribution in [-0.2, 0) is 38.9 Å². The highest BCUT2D eigenvalue weighted by Crippen LogP contribution is 2.31. The average molecular weight is 340 g/mol. The van der Waals surface area contributed by atoms with E-state index in [0.717, 1.165) is 6.26 Å². The molecule has 11 heteroatoms. The van der Waals surface area contributed by atoms with Crippen molar-refractivity contribution in [2.75, 3.05) is 7.11 Å². The molecule has 22 heavy (non-hydrogen) atoms. The van der Waals surface area contributed by atoms with E-state index in [0.29, 0.717) is 6.26 Å². The van der Waals surface area contributed by atoms with E-state index in [1.165, 1.54) is 7.11 Å². The molecule has 0 aliphatic heterocycles. The van der Waals surface area contributed by atoms with E-state index in [-0.39, 0.29) is 17.9 Å². The number of sulfone groups is 1. The van der Waals surface area contributed by atoms with E-state index >= 15 is 0 Å². The number of methoxy groups -OCH3 is 1. The Labute approximate surface area is 122 Å². The second kappa shape index (κ2) is 6.08. The Morgan fingerprint density at radius 1 is 1.14 bits per heavy atom. The van der Waals surface area contributed by atoms with Gasteiger partial charge in [0.15, 0.2) is 15.5 Å². The van der Waals surface area contributed by atoms with Gasteiger partial charge in [-0.15, -0.1) is 0 Å².